The van der Waals surface area contributed by atoms with Crippen molar-refractivity contribution >= 4 is 10.0 Å². The maximum Gasteiger partial charge on any atom is 0.214 e. The zero-order valence-electron chi connectivity index (χ0n) is 10.5. The van der Waals surface area contributed by atoms with E-state index in [0.717, 1.165) is 13.0 Å². The quantitative estimate of drug-likeness (QED) is 0.626. The molecular weight excluding hydrogens is 228 g/mol. The minimum Gasteiger partial charge on any atom is -0.396 e. The third-order valence-electron chi connectivity index (χ3n) is 2.32. The lowest BCUT2D eigenvalue weighted by Crippen LogP contribution is -2.35. The molecule has 16 heavy (non-hydrogen) atoms. The van der Waals surface area contributed by atoms with Crippen LogP contribution in [0.2, 0.25) is 0 Å². The fraction of sp³-hybridized carbons (Fsp3) is 1.00. The Balaban J connectivity index is 4.15. The van der Waals surface area contributed by atoms with Gasteiger partial charge in [0.2, 0.25) is 10.0 Å². The summed E-state index contributed by atoms with van der Waals surface area (Å²) >= 11 is 0. The number of nitrogens with zero attached hydrogens (tertiary/aromatic N) is 2. The minimum atomic E-state index is -3.18. The molecule has 1 N–H and O–H groups in total. The summed E-state index contributed by atoms with van der Waals surface area (Å²) in [6.07, 6.45) is 1.14. The van der Waals surface area contributed by atoms with Gasteiger partial charge in [-0.25, -0.2) is 12.7 Å². The van der Waals surface area contributed by atoms with Gasteiger partial charge >= 0.3 is 0 Å². The molecule has 0 saturated heterocycles. The van der Waals surface area contributed by atoms with Crippen molar-refractivity contribution in [2.45, 2.75) is 19.8 Å². The zero-order chi connectivity index (χ0) is 12.6. The Bertz CT molecular complexity index is 265. The van der Waals surface area contributed by atoms with E-state index in [0.29, 0.717) is 19.5 Å². The summed E-state index contributed by atoms with van der Waals surface area (Å²) in [6.45, 7) is 3.70. The molecule has 0 atom stereocenters. The average Bonchev–Trinajstić information content (AvgIpc) is 2.21. The summed E-state index contributed by atoms with van der Waals surface area (Å²) in [6, 6.07) is 0. The number of rotatable bonds is 9. The maximum atomic E-state index is 11.8. The Morgan fingerprint density at radius 1 is 1.12 bits per heavy atom. The molecule has 0 rings (SSSR count). The molecule has 98 valence electrons. The second-order valence-corrected chi connectivity index (χ2v) is 6.13. The molecule has 0 aromatic rings. The van der Waals surface area contributed by atoms with Crippen LogP contribution in [0.15, 0.2) is 0 Å². The van der Waals surface area contributed by atoms with Crippen molar-refractivity contribution in [1.82, 2.24) is 9.21 Å². The highest BCUT2D eigenvalue weighted by Crippen LogP contribution is 2.04. The minimum absolute atomic E-state index is 0.0410. The first-order chi connectivity index (χ1) is 7.44. The van der Waals surface area contributed by atoms with Crippen molar-refractivity contribution < 1.29 is 13.5 Å². The van der Waals surface area contributed by atoms with Crippen LogP contribution in [0.25, 0.3) is 0 Å². The van der Waals surface area contributed by atoms with Crippen LogP contribution >= 0.6 is 0 Å². The molecule has 0 aromatic carbocycles. The van der Waals surface area contributed by atoms with Crippen molar-refractivity contribution in [3.8, 4) is 0 Å². The van der Waals surface area contributed by atoms with Gasteiger partial charge in [0.1, 0.15) is 0 Å². The van der Waals surface area contributed by atoms with Crippen LogP contribution in [0.4, 0.5) is 0 Å². The third kappa shape index (κ3) is 6.42. The largest absolute Gasteiger partial charge is 0.396 e. The lowest BCUT2D eigenvalue weighted by Gasteiger charge is -2.21. The molecule has 0 fully saturated rings. The molecule has 0 aliphatic carbocycles. The lowest BCUT2D eigenvalue weighted by molar-refractivity contribution is 0.293. The third-order valence-corrected chi connectivity index (χ3v) is 4.35. The van der Waals surface area contributed by atoms with Gasteiger partial charge in [0.25, 0.3) is 0 Å². The molecule has 0 heterocycles. The molecule has 0 spiro atoms. The molecule has 0 aliphatic heterocycles. The summed E-state index contributed by atoms with van der Waals surface area (Å²) in [5.74, 6) is 0.0410. The van der Waals surface area contributed by atoms with Crippen molar-refractivity contribution in [3.05, 3.63) is 0 Å². The molecular formula is C10H24N2O3S. The Morgan fingerprint density at radius 2 is 1.75 bits per heavy atom. The van der Waals surface area contributed by atoms with E-state index in [1.54, 1.807) is 0 Å². The van der Waals surface area contributed by atoms with Gasteiger partial charge in [0, 0.05) is 19.7 Å². The Labute approximate surface area is 99.1 Å². The standard InChI is InChI=1S/C10H24N2O3S/c1-4-12(8-5-7-11(2)3)16(14,15)10-6-9-13/h13H,4-10H2,1-3H3. The van der Waals surface area contributed by atoms with E-state index in [4.69, 9.17) is 5.11 Å². The summed E-state index contributed by atoms with van der Waals surface area (Å²) < 4.78 is 25.1. The normalized spacial score (nSPS) is 12.6. The van der Waals surface area contributed by atoms with Gasteiger partial charge in [-0.2, -0.15) is 0 Å². The monoisotopic (exact) mass is 252 g/mol. The number of hydrogen-bond acceptors (Lipinski definition) is 4. The van der Waals surface area contributed by atoms with E-state index in [1.165, 1.54) is 4.31 Å². The highest BCUT2D eigenvalue weighted by Gasteiger charge is 2.19. The van der Waals surface area contributed by atoms with Gasteiger partial charge in [0.05, 0.1) is 5.75 Å². The SMILES string of the molecule is CCN(CCCN(C)C)S(=O)(=O)CCCO. The Kier molecular flexibility index (Phi) is 7.91. The summed E-state index contributed by atoms with van der Waals surface area (Å²) in [4.78, 5) is 2.04. The second kappa shape index (κ2) is 8.00. The lowest BCUT2D eigenvalue weighted by atomic mass is 10.4. The van der Waals surface area contributed by atoms with Gasteiger partial charge in [0.15, 0.2) is 0 Å². The van der Waals surface area contributed by atoms with Gasteiger partial charge in [-0.3, -0.25) is 0 Å². The number of hydrogen-bond donors (Lipinski definition) is 1. The van der Waals surface area contributed by atoms with Gasteiger partial charge in [-0.05, 0) is 33.5 Å². The molecule has 0 amide bonds. The Hall–Kier alpha value is -0.170. The first-order valence-electron chi connectivity index (χ1n) is 5.67. The van der Waals surface area contributed by atoms with E-state index in [-0.39, 0.29) is 12.4 Å². The highest BCUT2D eigenvalue weighted by molar-refractivity contribution is 7.89. The van der Waals surface area contributed by atoms with Crippen molar-refractivity contribution in [2.75, 3.05) is 46.1 Å². The van der Waals surface area contributed by atoms with Crippen LogP contribution < -0.4 is 0 Å². The second-order valence-electron chi connectivity index (χ2n) is 4.04. The van der Waals surface area contributed by atoms with E-state index in [1.807, 2.05) is 25.9 Å². The molecule has 0 saturated carbocycles. The summed E-state index contributed by atoms with van der Waals surface area (Å²) in [5.41, 5.74) is 0. The van der Waals surface area contributed by atoms with Crippen LogP contribution in [-0.2, 0) is 10.0 Å². The number of aliphatic hydroxyl groups excluding tert-OH is 1. The fourth-order valence-corrected chi connectivity index (χ4v) is 2.99. The maximum absolute atomic E-state index is 11.8. The van der Waals surface area contributed by atoms with Gasteiger partial charge < -0.3 is 10.0 Å². The van der Waals surface area contributed by atoms with E-state index in [2.05, 4.69) is 0 Å². The predicted octanol–water partition coefficient (Wildman–Crippen LogP) is -0.0278. The highest BCUT2D eigenvalue weighted by atomic mass is 32.2. The van der Waals surface area contributed by atoms with Gasteiger partial charge in [-0.15, -0.1) is 0 Å². The van der Waals surface area contributed by atoms with E-state index >= 15 is 0 Å². The summed E-state index contributed by atoms with van der Waals surface area (Å²) in [5, 5.41) is 8.64. The topological polar surface area (TPSA) is 60.9 Å². The van der Waals surface area contributed by atoms with E-state index < -0.39 is 10.0 Å². The smallest absolute Gasteiger partial charge is 0.214 e. The molecule has 6 heteroatoms. The number of aliphatic hydroxyl groups is 1. The molecule has 5 nitrogen and oxygen atoms in total. The first kappa shape index (κ1) is 15.8. The molecule has 0 unspecified atom stereocenters. The zero-order valence-corrected chi connectivity index (χ0v) is 11.3. The van der Waals surface area contributed by atoms with Crippen LogP contribution in [0.1, 0.15) is 19.8 Å². The molecule has 0 bridgehead atoms. The average molecular weight is 252 g/mol. The number of sulfonamides is 1. The van der Waals surface area contributed by atoms with Crippen LogP contribution in [0.3, 0.4) is 0 Å². The molecule has 0 aromatic heterocycles. The first-order valence-corrected chi connectivity index (χ1v) is 7.28. The van der Waals surface area contributed by atoms with Crippen LogP contribution in [-0.4, -0.2) is 68.8 Å². The summed E-state index contributed by atoms with van der Waals surface area (Å²) in [7, 11) is 0.760. The van der Waals surface area contributed by atoms with E-state index in [9.17, 15) is 8.42 Å². The predicted molar refractivity (Wildman–Crippen MR) is 65.9 cm³/mol. The van der Waals surface area contributed by atoms with Crippen molar-refractivity contribution in [1.29, 1.82) is 0 Å². The molecule has 0 radical (unpaired) electrons. The van der Waals surface area contributed by atoms with Crippen molar-refractivity contribution in [3.63, 3.8) is 0 Å². The van der Waals surface area contributed by atoms with Crippen molar-refractivity contribution in [2.24, 2.45) is 0 Å². The molecule has 0 aliphatic rings. The Morgan fingerprint density at radius 3 is 2.19 bits per heavy atom. The van der Waals surface area contributed by atoms with Gasteiger partial charge in [-0.1, -0.05) is 6.92 Å². The van der Waals surface area contributed by atoms with Crippen LogP contribution in [0.5, 0.6) is 0 Å². The van der Waals surface area contributed by atoms with Crippen LogP contribution in [0, 0.1) is 0 Å². The fourth-order valence-electron chi connectivity index (χ4n) is 1.43.